The molecule has 0 N–H and O–H groups in total. The van der Waals surface area contributed by atoms with Crippen molar-refractivity contribution < 1.29 is 0 Å². The van der Waals surface area contributed by atoms with Gasteiger partial charge >= 0.3 is 192 Å². The molecule has 0 unspecified atom stereocenters. The van der Waals surface area contributed by atoms with Gasteiger partial charge in [0.05, 0.1) is 0 Å². The van der Waals surface area contributed by atoms with Crippen LogP contribution in [0.2, 0.25) is 0 Å². The van der Waals surface area contributed by atoms with Crippen LogP contribution in [0.4, 0.5) is 0 Å². The third-order valence-electron chi connectivity index (χ3n) is 6.72. The van der Waals surface area contributed by atoms with Crippen LogP contribution in [0.25, 0.3) is 0 Å². The Hall–Kier alpha value is 0.130. The van der Waals surface area contributed by atoms with Crippen molar-refractivity contribution in [3.05, 3.63) is 30.3 Å². The zero-order valence-corrected chi connectivity index (χ0v) is 22.4. The Morgan fingerprint density at radius 1 is 0.517 bits per heavy atom. The number of halogens is 1. The van der Waals surface area contributed by atoms with E-state index in [1.54, 1.807) is 5.30 Å². The molecule has 0 aliphatic rings. The minimum atomic E-state index is -2.04. The summed E-state index contributed by atoms with van der Waals surface area (Å²) in [7, 11) is 0. The summed E-state index contributed by atoms with van der Waals surface area (Å²) >= 11 is 4.64. The second kappa shape index (κ2) is 15.9. The maximum atomic E-state index is 4.64. The fourth-order valence-corrected chi connectivity index (χ4v) is 12.9. The van der Waals surface area contributed by atoms with Gasteiger partial charge in [-0.3, -0.25) is 0 Å². The van der Waals surface area contributed by atoms with Gasteiger partial charge in [0.25, 0.3) is 0 Å². The zero-order chi connectivity index (χ0) is 21.3. The molecule has 1 aromatic rings. The summed E-state index contributed by atoms with van der Waals surface area (Å²) in [5.41, 5.74) is 0. The Labute approximate surface area is 191 Å². The summed E-state index contributed by atoms with van der Waals surface area (Å²) in [6, 6.07) is 11.7. The molecule has 1 rings (SSSR count). The summed E-state index contributed by atoms with van der Waals surface area (Å²) in [5, 5.41) is -0.373. The first kappa shape index (κ1) is 27.2. The molecular formula is C27H50BrP. The van der Waals surface area contributed by atoms with Gasteiger partial charge in [0, 0.05) is 0 Å². The number of hydrogen-bond donors (Lipinski definition) is 0. The van der Waals surface area contributed by atoms with Crippen LogP contribution in [0.5, 0.6) is 0 Å². The number of rotatable bonds is 19. The van der Waals surface area contributed by atoms with Gasteiger partial charge in [0.2, 0.25) is 0 Å². The quantitative estimate of drug-likeness (QED) is 0.135. The van der Waals surface area contributed by atoms with E-state index in [0.29, 0.717) is 0 Å². The molecule has 0 aromatic heterocycles. The Bertz CT molecular complexity index is 460. The fourth-order valence-electron chi connectivity index (χ4n) is 4.76. The van der Waals surface area contributed by atoms with E-state index in [-0.39, 0.29) is 0 Å². The van der Waals surface area contributed by atoms with Crippen molar-refractivity contribution in [1.29, 1.82) is 0 Å². The normalized spacial score (nSPS) is 13.3. The maximum absolute atomic E-state index is 4.64. The van der Waals surface area contributed by atoms with E-state index in [4.69, 9.17) is 0 Å². The predicted molar refractivity (Wildman–Crippen MR) is 143 cm³/mol. The van der Waals surface area contributed by atoms with Gasteiger partial charge in [-0.25, -0.2) is 0 Å². The number of hydrogen-bond acceptors (Lipinski definition) is 0. The van der Waals surface area contributed by atoms with Crippen LogP contribution in [-0.4, -0.2) is 18.5 Å². The molecule has 0 saturated heterocycles. The zero-order valence-electron chi connectivity index (χ0n) is 19.9. The molecule has 0 saturated carbocycles. The molecule has 29 heavy (non-hydrogen) atoms. The van der Waals surface area contributed by atoms with Gasteiger partial charge < -0.3 is 0 Å². The Morgan fingerprint density at radius 3 is 1.21 bits per heavy atom. The molecule has 170 valence electrons. The second-order valence-corrected chi connectivity index (χ2v) is 19.9. The molecular weight excluding hydrogens is 435 g/mol. The van der Waals surface area contributed by atoms with E-state index < -0.39 is 5.31 Å². The van der Waals surface area contributed by atoms with Gasteiger partial charge in [-0.2, -0.15) is 0 Å². The Balaban J connectivity index is 2.92. The van der Waals surface area contributed by atoms with Crippen LogP contribution in [0.1, 0.15) is 117 Å². The van der Waals surface area contributed by atoms with Crippen LogP contribution < -0.4 is 5.30 Å². The van der Waals surface area contributed by atoms with E-state index in [0.717, 1.165) is 0 Å². The second-order valence-electron chi connectivity index (χ2n) is 9.34. The summed E-state index contributed by atoms with van der Waals surface area (Å²) in [4.78, 5) is 0. The molecule has 0 heterocycles. The monoisotopic (exact) mass is 484 g/mol. The van der Waals surface area contributed by atoms with Crippen molar-refractivity contribution in [3.8, 4) is 0 Å². The van der Waals surface area contributed by atoms with Crippen molar-refractivity contribution in [2.75, 3.05) is 18.5 Å². The first-order valence-corrected chi connectivity index (χ1v) is 17.7. The third kappa shape index (κ3) is 10.3. The van der Waals surface area contributed by atoms with E-state index in [1.165, 1.54) is 115 Å². The van der Waals surface area contributed by atoms with Crippen LogP contribution in [0.3, 0.4) is 0 Å². The number of unbranched alkanes of at least 4 members (excludes halogenated alkanes) is 12. The van der Waals surface area contributed by atoms with Crippen molar-refractivity contribution in [1.82, 2.24) is 0 Å². The van der Waals surface area contributed by atoms with Crippen LogP contribution in [0, 0.1) is 0 Å². The molecule has 0 fully saturated rings. The molecule has 2 heteroatoms. The van der Waals surface area contributed by atoms with Crippen molar-refractivity contribution >= 4 is 26.1 Å². The van der Waals surface area contributed by atoms with Crippen molar-refractivity contribution in [2.45, 2.75) is 117 Å². The van der Waals surface area contributed by atoms with Crippen LogP contribution in [0.15, 0.2) is 30.3 Å². The van der Waals surface area contributed by atoms with Gasteiger partial charge in [-0.05, 0) is 0 Å². The van der Waals surface area contributed by atoms with E-state index >= 15 is 0 Å². The van der Waals surface area contributed by atoms with Crippen molar-refractivity contribution in [3.63, 3.8) is 0 Å². The summed E-state index contributed by atoms with van der Waals surface area (Å²) in [6.45, 7) is 6.96. The molecule has 0 atom stereocenters. The van der Waals surface area contributed by atoms with Gasteiger partial charge in [0.15, 0.2) is 0 Å². The fraction of sp³-hybridized carbons (Fsp3) is 0.778. The number of benzene rings is 1. The molecule has 0 radical (unpaired) electrons. The van der Waals surface area contributed by atoms with Gasteiger partial charge in [-0.15, -0.1) is 0 Å². The van der Waals surface area contributed by atoms with Crippen LogP contribution in [-0.2, 0) is 0 Å². The molecule has 0 amide bonds. The standard InChI is InChI=1S/C27H50BrP/c1-4-7-10-13-19-24-29(28,25-20-14-11-8-5-2,26-21-15-12-9-6-3)27-22-17-16-18-23-27/h16-18,22-23H,4-15,19-21,24-26H2,1-3H3. The molecule has 0 aliphatic heterocycles. The van der Waals surface area contributed by atoms with E-state index in [2.05, 4.69) is 66.6 Å². The van der Waals surface area contributed by atoms with Gasteiger partial charge in [0.1, 0.15) is 0 Å². The third-order valence-corrected chi connectivity index (χ3v) is 16.8. The molecule has 0 spiro atoms. The average Bonchev–Trinajstić information content (AvgIpc) is 2.74. The van der Waals surface area contributed by atoms with Crippen molar-refractivity contribution in [2.24, 2.45) is 0 Å². The van der Waals surface area contributed by atoms with E-state index in [1.807, 2.05) is 0 Å². The topological polar surface area (TPSA) is 0 Å². The minimum absolute atomic E-state index is 1.34. The summed E-state index contributed by atoms with van der Waals surface area (Å²) in [5.74, 6) is 0. The Kier molecular flexibility index (Phi) is 14.9. The van der Waals surface area contributed by atoms with E-state index in [9.17, 15) is 0 Å². The summed E-state index contributed by atoms with van der Waals surface area (Å²) in [6.07, 6.45) is 25.2. The summed E-state index contributed by atoms with van der Waals surface area (Å²) < 4.78 is 0. The van der Waals surface area contributed by atoms with Gasteiger partial charge in [-0.1, -0.05) is 0 Å². The molecule has 0 bridgehead atoms. The molecule has 0 aliphatic carbocycles. The first-order valence-electron chi connectivity index (χ1n) is 12.9. The average molecular weight is 486 g/mol. The predicted octanol–water partition coefficient (Wildman–Crippen LogP) is 10.1. The SMILES string of the molecule is CCCCCCCP(Br)(CCCCCCC)(CCCCCCC)c1ccccc1. The Morgan fingerprint density at radius 2 is 0.862 bits per heavy atom. The molecule has 1 aromatic carbocycles. The molecule has 0 nitrogen and oxygen atoms in total. The van der Waals surface area contributed by atoms with Crippen LogP contribution >= 0.6 is 20.8 Å². The first-order chi connectivity index (χ1) is 14.1.